The molecule has 0 unspecified atom stereocenters. The minimum absolute atomic E-state index is 0.298. The third kappa shape index (κ3) is 5.01. The van der Waals surface area contributed by atoms with Crippen LogP contribution in [-0.4, -0.2) is 47.9 Å². The Balaban J connectivity index is 1.69. The van der Waals surface area contributed by atoms with Gasteiger partial charge in [-0.05, 0) is 44.4 Å². The molecule has 0 aromatic heterocycles. The van der Waals surface area contributed by atoms with Crippen LogP contribution in [0.15, 0.2) is 24.3 Å². The molecule has 1 heterocycles. The van der Waals surface area contributed by atoms with Crippen molar-refractivity contribution < 1.29 is 4.79 Å². The van der Waals surface area contributed by atoms with Gasteiger partial charge in [0.1, 0.15) is 0 Å². The summed E-state index contributed by atoms with van der Waals surface area (Å²) in [4.78, 5) is 16.6. The molecule has 1 amide bonds. The Morgan fingerprint density at radius 1 is 1.14 bits per heavy atom. The molecule has 3 nitrogen and oxygen atoms in total. The van der Waals surface area contributed by atoms with E-state index in [-0.39, 0.29) is 0 Å². The summed E-state index contributed by atoms with van der Waals surface area (Å²) < 4.78 is 0. The standard InChI is InChI=1S/C17H25ClN2O/c1-14(2)19-10-12-20(13-11-19)17(21)5-3-4-15-6-8-16(18)9-7-15/h6-9,14H,3-5,10-13H2,1-2H3. The molecular weight excluding hydrogens is 284 g/mol. The minimum atomic E-state index is 0.298. The molecule has 1 aliphatic heterocycles. The Bertz CT molecular complexity index is 450. The van der Waals surface area contributed by atoms with Gasteiger partial charge in [-0.25, -0.2) is 0 Å². The molecule has 0 saturated carbocycles. The van der Waals surface area contributed by atoms with Crippen molar-refractivity contribution in [2.75, 3.05) is 26.2 Å². The van der Waals surface area contributed by atoms with E-state index in [0.717, 1.165) is 44.0 Å². The van der Waals surface area contributed by atoms with Crippen molar-refractivity contribution in [1.29, 1.82) is 0 Å². The largest absolute Gasteiger partial charge is 0.340 e. The number of rotatable bonds is 5. The lowest BCUT2D eigenvalue weighted by molar-refractivity contribution is -0.133. The van der Waals surface area contributed by atoms with E-state index in [4.69, 9.17) is 11.6 Å². The topological polar surface area (TPSA) is 23.6 Å². The zero-order valence-corrected chi connectivity index (χ0v) is 13.8. The maximum absolute atomic E-state index is 12.2. The molecule has 0 atom stereocenters. The summed E-state index contributed by atoms with van der Waals surface area (Å²) in [5.41, 5.74) is 1.25. The number of hydrogen-bond donors (Lipinski definition) is 0. The van der Waals surface area contributed by atoms with Crippen molar-refractivity contribution in [3.05, 3.63) is 34.9 Å². The van der Waals surface area contributed by atoms with Crippen LogP contribution in [0.5, 0.6) is 0 Å². The van der Waals surface area contributed by atoms with Crippen molar-refractivity contribution in [2.45, 2.75) is 39.2 Å². The van der Waals surface area contributed by atoms with Crippen LogP contribution in [0, 0.1) is 0 Å². The molecule has 1 fully saturated rings. The van der Waals surface area contributed by atoms with Crippen LogP contribution in [0.25, 0.3) is 0 Å². The predicted molar refractivity (Wildman–Crippen MR) is 87.7 cm³/mol. The fraction of sp³-hybridized carbons (Fsp3) is 0.588. The van der Waals surface area contributed by atoms with Gasteiger partial charge in [-0.15, -0.1) is 0 Å². The highest BCUT2D eigenvalue weighted by Crippen LogP contribution is 2.13. The zero-order valence-electron chi connectivity index (χ0n) is 13.0. The maximum atomic E-state index is 12.2. The quantitative estimate of drug-likeness (QED) is 0.834. The van der Waals surface area contributed by atoms with Gasteiger partial charge in [-0.2, -0.15) is 0 Å². The van der Waals surface area contributed by atoms with Crippen LogP contribution < -0.4 is 0 Å². The van der Waals surface area contributed by atoms with E-state index in [1.807, 2.05) is 29.2 Å². The van der Waals surface area contributed by atoms with E-state index in [1.54, 1.807) is 0 Å². The summed E-state index contributed by atoms with van der Waals surface area (Å²) in [6.45, 7) is 8.17. The van der Waals surface area contributed by atoms with E-state index < -0.39 is 0 Å². The SMILES string of the molecule is CC(C)N1CCN(C(=O)CCCc2ccc(Cl)cc2)CC1. The monoisotopic (exact) mass is 308 g/mol. The Kier molecular flexibility index (Phi) is 6.07. The average Bonchev–Trinajstić information content (AvgIpc) is 2.49. The fourth-order valence-electron chi connectivity index (χ4n) is 2.74. The highest BCUT2D eigenvalue weighted by atomic mass is 35.5. The van der Waals surface area contributed by atoms with Gasteiger partial charge >= 0.3 is 0 Å². The molecule has 0 bridgehead atoms. The number of piperazine rings is 1. The van der Waals surface area contributed by atoms with Gasteiger partial charge in [0.25, 0.3) is 0 Å². The molecular formula is C17H25ClN2O. The molecule has 0 aliphatic carbocycles. The lowest BCUT2D eigenvalue weighted by Gasteiger charge is -2.37. The molecule has 1 saturated heterocycles. The van der Waals surface area contributed by atoms with Gasteiger partial charge in [-0.1, -0.05) is 23.7 Å². The Morgan fingerprint density at radius 2 is 1.76 bits per heavy atom. The molecule has 0 N–H and O–H groups in total. The molecule has 1 aliphatic rings. The van der Waals surface area contributed by atoms with E-state index in [9.17, 15) is 4.79 Å². The van der Waals surface area contributed by atoms with E-state index in [0.29, 0.717) is 18.4 Å². The van der Waals surface area contributed by atoms with Gasteiger partial charge in [0, 0.05) is 43.7 Å². The second kappa shape index (κ2) is 7.81. The Morgan fingerprint density at radius 3 is 2.33 bits per heavy atom. The zero-order chi connectivity index (χ0) is 15.2. The number of nitrogens with zero attached hydrogens (tertiary/aromatic N) is 2. The normalized spacial score (nSPS) is 16.5. The van der Waals surface area contributed by atoms with Crippen molar-refractivity contribution in [3.63, 3.8) is 0 Å². The third-order valence-corrected chi connectivity index (χ3v) is 4.42. The summed E-state index contributed by atoms with van der Waals surface area (Å²) in [7, 11) is 0. The second-order valence-electron chi connectivity index (χ2n) is 5.99. The first-order valence-corrected chi connectivity index (χ1v) is 8.20. The Labute approximate surface area is 132 Å². The van der Waals surface area contributed by atoms with Gasteiger partial charge in [0.05, 0.1) is 0 Å². The number of amides is 1. The number of carbonyl (C=O) groups excluding carboxylic acids is 1. The lowest BCUT2D eigenvalue weighted by Crippen LogP contribution is -2.50. The fourth-order valence-corrected chi connectivity index (χ4v) is 2.87. The lowest BCUT2D eigenvalue weighted by atomic mass is 10.1. The molecule has 1 aromatic rings. The second-order valence-corrected chi connectivity index (χ2v) is 6.43. The number of aryl methyl sites for hydroxylation is 1. The van der Waals surface area contributed by atoms with Crippen LogP contribution in [0.1, 0.15) is 32.3 Å². The first-order valence-electron chi connectivity index (χ1n) is 7.82. The molecule has 0 spiro atoms. The summed E-state index contributed by atoms with van der Waals surface area (Å²) in [6.07, 6.45) is 2.49. The van der Waals surface area contributed by atoms with Gasteiger partial charge < -0.3 is 4.90 Å². The molecule has 0 radical (unpaired) electrons. The molecule has 21 heavy (non-hydrogen) atoms. The van der Waals surface area contributed by atoms with Crippen molar-refractivity contribution in [1.82, 2.24) is 9.80 Å². The first-order chi connectivity index (χ1) is 10.1. The first kappa shape index (κ1) is 16.3. The van der Waals surface area contributed by atoms with Crippen LogP contribution in [0.3, 0.4) is 0 Å². The third-order valence-electron chi connectivity index (χ3n) is 4.17. The smallest absolute Gasteiger partial charge is 0.222 e. The van der Waals surface area contributed by atoms with Gasteiger partial charge in [0.15, 0.2) is 0 Å². The van der Waals surface area contributed by atoms with Crippen LogP contribution in [0.2, 0.25) is 5.02 Å². The van der Waals surface area contributed by atoms with Crippen molar-refractivity contribution in [3.8, 4) is 0 Å². The van der Waals surface area contributed by atoms with Crippen LogP contribution in [-0.2, 0) is 11.2 Å². The van der Waals surface area contributed by atoms with Crippen LogP contribution >= 0.6 is 11.6 Å². The Hall–Kier alpha value is -1.06. The highest BCUT2D eigenvalue weighted by molar-refractivity contribution is 6.30. The number of halogens is 1. The molecule has 4 heteroatoms. The average molecular weight is 309 g/mol. The van der Waals surface area contributed by atoms with Crippen LogP contribution in [0.4, 0.5) is 0 Å². The molecule has 116 valence electrons. The summed E-state index contributed by atoms with van der Waals surface area (Å²) in [5.74, 6) is 0.298. The van der Waals surface area contributed by atoms with Crippen molar-refractivity contribution >= 4 is 17.5 Å². The van der Waals surface area contributed by atoms with Gasteiger partial charge in [-0.3, -0.25) is 9.69 Å². The van der Waals surface area contributed by atoms with Gasteiger partial charge in [0.2, 0.25) is 5.91 Å². The summed E-state index contributed by atoms with van der Waals surface area (Å²) in [5, 5.41) is 0.762. The highest BCUT2D eigenvalue weighted by Gasteiger charge is 2.21. The van der Waals surface area contributed by atoms with E-state index in [2.05, 4.69) is 18.7 Å². The summed E-state index contributed by atoms with van der Waals surface area (Å²) >= 11 is 5.87. The molecule has 2 rings (SSSR count). The van der Waals surface area contributed by atoms with E-state index >= 15 is 0 Å². The van der Waals surface area contributed by atoms with E-state index in [1.165, 1.54) is 5.56 Å². The number of hydrogen-bond acceptors (Lipinski definition) is 2. The maximum Gasteiger partial charge on any atom is 0.222 e. The number of benzene rings is 1. The number of carbonyl (C=O) groups is 1. The molecule has 1 aromatic carbocycles. The minimum Gasteiger partial charge on any atom is -0.340 e. The van der Waals surface area contributed by atoms with Crippen molar-refractivity contribution in [2.24, 2.45) is 0 Å². The predicted octanol–water partition coefficient (Wildman–Crippen LogP) is 3.22. The summed E-state index contributed by atoms with van der Waals surface area (Å²) in [6, 6.07) is 8.46.